The van der Waals surface area contributed by atoms with Gasteiger partial charge in [0, 0.05) is 6.20 Å². The summed E-state index contributed by atoms with van der Waals surface area (Å²) < 4.78 is 27.1. The Morgan fingerprint density at radius 1 is 1.37 bits per heavy atom. The van der Waals surface area contributed by atoms with E-state index in [-0.39, 0.29) is 20.9 Å². The maximum absolute atomic E-state index is 12.1. The van der Waals surface area contributed by atoms with Crippen LogP contribution in [-0.2, 0) is 10.0 Å². The SMILES string of the molecule is NNc1ncc(S(=O)(=O)Nc2ncc(Br)s2)cc1Cl. The summed E-state index contributed by atoms with van der Waals surface area (Å²) in [6, 6.07) is 1.24. The van der Waals surface area contributed by atoms with Gasteiger partial charge in [0.15, 0.2) is 10.9 Å². The first kappa shape index (κ1) is 14.5. The number of thiazole rings is 1. The lowest BCUT2D eigenvalue weighted by atomic mass is 10.5. The molecule has 11 heteroatoms. The Bertz CT molecular complexity index is 705. The number of nitrogens with two attached hydrogens (primary N) is 1. The smallest absolute Gasteiger partial charge is 0.265 e. The summed E-state index contributed by atoms with van der Waals surface area (Å²) in [6.07, 6.45) is 2.64. The molecule has 0 aliphatic rings. The molecule has 0 amide bonds. The molecule has 0 aliphatic heterocycles. The Morgan fingerprint density at radius 3 is 2.63 bits per heavy atom. The highest BCUT2D eigenvalue weighted by Crippen LogP contribution is 2.27. The molecule has 7 nitrogen and oxygen atoms in total. The summed E-state index contributed by atoms with van der Waals surface area (Å²) in [6.45, 7) is 0. The molecular formula is C8H7BrClN5O2S2. The number of hydrogen-bond acceptors (Lipinski definition) is 7. The van der Waals surface area contributed by atoms with Gasteiger partial charge in [0.1, 0.15) is 4.90 Å². The van der Waals surface area contributed by atoms with Crippen LogP contribution in [0.2, 0.25) is 5.02 Å². The Kier molecular flexibility index (Phi) is 4.26. The predicted octanol–water partition coefficient (Wildman–Crippen LogP) is 2.04. The fourth-order valence-corrected chi connectivity index (χ4v) is 3.75. The van der Waals surface area contributed by atoms with E-state index in [1.807, 2.05) is 0 Å². The fraction of sp³-hybridized carbons (Fsp3) is 0. The summed E-state index contributed by atoms with van der Waals surface area (Å²) in [5.74, 6) is 5.35. The summed E-state index contributed by atoms with van der Waals surface area (Å²) >= 11 is 10.2. The van der Waals surface area contributed by atoms with Crippen molar-refractivity contribution in [1.82, 2.24) is 9.97 Å². The minimum absolute atomic E-state index is 0.0807. The topological polar surface area (TPSA) is 110 Å². The number of aromatic nitrogens is 2. The van der Waals surface area contributed by atoms with Gasteiger partial charge in [-0.05, 0) is 22.0 Å². The molecule has 102 valence electrons. The number of nitrogens with one attached hydrogen (secondary N) is 2. The summed E-state index contributed by atoms with van der Waals surface area (Å²) in [5.41, 5.74) is 2.25. The van der Waals surface area contributed by atoms with E-state index in [9.17, 15) is 8.42 Å². The van der Waals surface area contributed by atoms with Crippen molar-refractivity contribution in [3.63, 3.8) is 0 Å². The number of sulfonamides is 1. The number of rotatable bonds is 4. The summed E-state index contributed by atoms with van der Waals surface area (Å²) in [5, 5.41) is 0.342. The summed E-state index contributed by atoms with van der Waals surface area (Å²) in [7, 11) is -3.79. The van der Waals surface area contributed by atoms with Crippen molar-refractivity contribution < 1.29 is 8.42 Å². The van der Waals surface area contributed by atoms with Gasteiger partial charge < -0.3 is 5.43 Å². The van der Waals surface area contributed by atoms with E-state index in [4.69, 9.17) is 17.4 Å². The van der Waals surface area contributed by atoms with E-state index >= 15 is 0 Å². The van der Waals surface area contributed by atoms with E-state index in [0.717, 1.165) is 17.5 Å². The number of hydrazine groups is 1. The van der Waals surface area contributed by atoms with Crippen LogP contribution in [0.4, 0.5) is 10.9 Å². The zero-order valence-electron chi connectivity index (χ0n) is 9.09. The Morgan fingerprint density at radius 2 is 2.11 bits per heavy atom. The van der Waals surface area contributed by atoms with Crippen LogP contribution in [0.3, 0.4) is 0 Å². The normalized spacial score (nSPS) is 11.3. The van der Waals surface area contributed by atoms with Crippen LogP contribution in [0.15, 0.2) is 27.1 Å². The van der Waals surface area contributed by atoms with Gasteiger partial charge >= 0.3 is 0 Å². The molecule has 0 saturated carbocycles. The first-order chi connectivity index (χ1) is 8.92. The molecule has 0 atom stereocenters. The lowest BCUT2D eigenvalue weighted by Gasteiger charge is -2.07. The maximum Gasteiger partial charge on any atom is 0.265 e. The Hall–Kier alpha value is -0.940. The second-order valence-electron chi connectivity index (χ2n) is 3.22. The van der Waals surface area contributed by atoms with Crippen molar-refractivity contribution in [2.24, 2.45) is 5.84 Å². The molecule has 4 N–H and O–H groups in total. The molecule has 0 bridgehead atoms. The lowest BCUT2D eigenvalue weighted by Crippen LogP contribution is -2.14. The molecule has 0 fully saturated rings. The average Bonchev–Trinajstić information content (AvgIpc) is 2.73. The fourth-order valence-electron chi connectivity index (χ4n) is 1.15. The van der Waals surface area contributed by atoms with E-state index < -0.39 is 10.0 Å². The van der Waals surface area contributed by atoms with Gasteiger partial charge in [-0.2, -0.15) is 0 Å². The van der Waals surface area contributed by atoms with Gasteiger partial charge in [0.05, 0.1) is 15.0 Å². The van der Waals surface area contributed by atoms with E-state index in [1.165, 1.54) is 12.3 Å². The quantitative estimate of drug-likeness (QED) is 0.549. The third-order valence-electron chi connectivity index (χ3n) is 1.96. The molecule has 0 spiro atoms. The first-order valence-corrected chi connectivity index (χ1v) is 8.16. The van der Waals surface area contributed by atoms with E-state index in [0.29, 0.717) is 3.79 Å². The van der Waals surface area contributed by atoms with Crippen molar-refractivity contribution in [1.29, 1.82) is 0 Å². The first-order valence-electron chi connectivity index (χ1n) is 4.68. The van der Waals surface area contributed by atoms with Gasteiger partial charge in [-0.15, -0.1) is 0 Å². The maximum atomic E-state index is 12.1. The molecule has 2 aromatic heterocycles. The standard InChI is InChI=1S/C8H7BrClN5O2S2/c9-6-3-13-8(18-6)15-19(16,17)4-1-5(10)7(14-11)12-2-4/h1-3H,11H2,(H,12,14)(H,13,15). The monoisotopic (exact) mass is 383 g/mol. The number of pyridine rings is 1. The number of anilines is 2. The summed E-state index contributed by atoms with van der Waals surface area (Å²) in [4.78, 5) is 7.59. The van der Waals surface area contributed by atoms with Gasteiger partial charge in [-0.25, -0.2) is 24.2 Å². The van der Waals surface area contributed by atoms with Crippen molar-refractivity contribution >= 4 is 59.8 Å². The second-order valence-corrected chi connectivity index (χ2v) is 7.72. The zero-order chi connectivity index (χ0) is 14.0. The molecule has 2 rings (SSSR count). The number of nitrogens with zero attached hydrogens (tertiary/aromatic N) is 2. The molecule has 0 saturated heterocycles. The minimum atomic E-state index is -3.79. The average molecular weight is 385 g/mol. The van der Waals surface area contributed by atoms with Crippen molar-refractivity contribution in [2.45, 2.75) is 4.90 Å². The number of halogens is 2. The third kappa shape index (κ3) is 3.34. The molecule has 0 aromatic carbocycles. The van der Waals surface area contributed by atoms with Crippen molar-refractivity contribution in [3.8, 4) is 0 Å². The highest BCUT2D eigenvalue weighted by atomic mass is 79.9. The highest BCUT2D eigenvalue weighted by molar-refractivity contribution is 9.11. The van der Waals surface area contributed by atoms with Crippen molar-refractivity contribution in [2.75, 3.05) is 10.1 Å². The molecule has 19 heavy (non-hydrogen) atoms. The molecule has 0 radical (unpaired) electrons. The van der Waals surface area contributed by atoms with Gasteiger partial charge in [-0.3, -0.25) is 4.72 Å². The van der Waals surface area contributed by atoms with Gasteiger partial charge in [0.25, 0.3) is 10.0 Å². The van der Waals surface area contributed by atoms with Crippen LogP contribution >= 0.6 is 38.9 Å². The minimum Gasteiger partial charge on any atom is -0.307 e. The lowest BCUT2D eigenvalue weighted by molar-refractivity contribution is 0.601. The van der Waals surface area contributed by atoms with Crippen LogP contribution in [0.25, 0.3) is 0 Å². The highest BCUT2D eigenvalue weighted by Gasteiger charge is 2.18. The Labute approximate surface area is 126 Å². The molecular weight excluding hydrogens is 378 g/mol. The third-order valence-corrected chi connectivity index (χ3v) is 5.08. The van der Waals surface area contributed by atoms with Crippen LogP contribution in [0.1, 0.15) is 0 Å². The predicted molar refractivity (Wildman–Crippen MR) is 77.7 cm³/mol. The largest absolute Gasteiger partial charge is 0.307 e. The molecule has 2 aromatic rings. The Balaban J connectivity index is 2.31. The van der Waals surface area contributed by atoms with Crippen molar-refractivity contribution in [3.05, 3.63) is 27.3 Å². The van der Waals surface area contributed by atoms with Crippen LogP contribution in [-0.4, -0.2) is 18.4 Å². The number of hydrogen-bond donors (Lipinski definition) is 3. The number of nitrogen functional groups attached to an aromatic ring is 1. The molecule has 0 aliphatic carbocycles. The zero-order valence-corrected chi connectivity index (χ0v) is 13.1. The van der Waals surface area contributed by atoms with E-state index in [2.05, 4.69) is 36.0 Å². The second kappa shape index (κ2) is 5.59. The van der Waals surface area contributed by atoms with Crippen LogP contribution in [0, 0.1) is 0 Å². The van der Waals surface area contributed by atoms with Gasteiger partial charge in [0.2, 0.25) is 0 Å². The van der Waals surface area contributed by atoms with Crippen LogP contribution in [0.5, 0.6) is 0 Å². The molecule has 0 unspecified atom stereocenters. The van der Waals surface area contributed by atoms with Crippen LogP contribution < -0.4 is 16.0 Å². The molecule has 2 heterocycles. The van der Waals surface area contributed by atoms with E-state index in [1.54, 1.807) is 0 Å². The van der Waals surface area contributed by atoms with Gasteiger partial charge in [-0.1, -0.05) is 22.9 Å².